The van der Waals surface area contributed by atoms with Crippen molar-refractivity contribution in [3.63, 3.8) is 0 Å². The molecule has 0 saturated heterocycles. The van der Waals surface area contributed by atoms with Crippen molar-refractivity contribution in [2.45, 2.75) is 47.0 Å². The van der Waals surface area contributed by atoms with E-state index in [9.17, 15) is 0 Å². The molecule has 0 aromatic carbocycles. The van der Waals surface area contributed by atoms with Gasteiger partial charge >= 0.3 is 0 Å². The molecule has 0 bridgehead atoms. The lowest BCUT2D eigenvalue weighted by Crippen LogP contribution is -2.04. The molecule has 2 aliphatic carbocycles. The Kier molecular flexibility index (Phi) is 2.98. The molecule has 0 N–H and O–H groups in total. The van der Waals surface area contributed by atoms with Crippen molar-refractivity contribution in [1.29, 1.82) is 0 Å². The van der Waals surface area contributed by atoms with E-state index >= 15 is 0 Å². The van der Waals surface area contributed by atoms with Gasteiger partial charge in [-0.05, 0) is 42.9 Å². The predicted octanol–water partition coefficient (Wildman–Crippen LogP) is 3.71. The first-order valence-corrected chi connectivity index (χ1v) is 5.27. The predicted molar refractivity (Wildman–Crippen MR) is 50.5 cm³/mol. The van der Waals surface area contributed by atoms with Crippen LogP contribution in [0.2, 0.25) is 0 Å². The highest BCUT2D eigenvalue weighted by Crippen LogP contribution is 2.55. The first-order valence-electron chi connectivity index (χ1n) is 5.27. The van der Waals surface area contributed by atoms with E-state index in [-0.39, 0.29) is 0 Å². The Hall–Kier alpha value is 0. The average Bonchev–Trinajstić information content (AvgIpc) is 2.63. The molecule has 0 nitrogen and oxygen atoms in total. The molecule has 0 radical (unpaired) electrons. The minimum absolute atomic E-state index is 0.956. The molecule has 0 spiro atoms. The average molecular weight is 154 g/mol. The van der Waals surface area contributed by atoms with Crippen LogP contribution in [0, 0.1) is 23.7 Å². The second-order valence-corrected chi connectivity index (χ2v) is 4.23. The quantitative estimate of drug-likeness (QED) is 0.540. The third-order valence-electron chi connectivity index (χ3n) is 3.22. The van der Waals surface area contributed by atoms with Gasteiger partial charge in [-0.25, -0.2) is 0 Å². The van der Waals surface area contributed by atoms with E-state index in [1.54, 1.807) is 19.3 Å². The van der Waals surface area contributed by atoms with Gasteiger partial charge < -0.3 is 0 Å². The zero-order chi connectivity index (χ0) is 8.43. The Morgan fingerprint density at radius 1 is 0.909 bits per heavy atom. The highest BCUT2D eigenvalue weighted by Gasteiger charge is 2.46. The standard InChI is InChI=1S/C9H16.C2H6/c1-6(2)7-3-8-5-9(8)4-7;1-2/h6-9H,3-5H2,1-2H3;1-2H3. The van der Waals surface area contributed by atoms with Gasteiger partial charge in [-0.2, -0.15) is 0 Å². The van der Waals surface area contributed by atoms with Crippen molar-refractivity contribution in [2.75, 3.05) is 0 Å². The molecule has 0 aromatic rings. The molecule has 2 rings (SSSR count). The van der Waals surface area contributed by atoms with Gasteiger partial charge in [0, 0.05) is 0 Å². The minimum atomic E-state index is 0.956. The molecular weight excluding hydrogens is 132 g/mol. The third-order valence-corrected chi connectivity index (χ3v) is 3.22. The minimum Gasteiger partial charge on any atom is -0.0683 e. The van der Waals surface area contributed by atoms with Crippen LogP contribution in [-0.2, 0) is 0 Å². The molecular formula is C11H22. The van der Waals surface area contributed by atoms with Crippen LogP contribution in [0.1, 0.15) is 47.0 Å². The molecule has 2 atom stereocenters. The van der Waals surface area contributed by atoms with Gasteiger partial charge in [0.15, 0.2) is 0 Å². The fraction of sp³-hybridized carbons (Fsp3) is 1.00. The van der Waals surface area contributed by atoms with E-state index in [0.29, 0.717) is 0 Å². The summed E-state index contributed by atoms with van der Waals surface area (Å²) in [6, 6.07) is 0. The summed E-state index contributed by atoms with van der Waals surface area (Å²) in [5, 5.41) is 0. The van der Waals surface area contributed by atoms with Gasteiger partial charge in [0.05, 0.1) is 0 Å². The van der Waals surface area contributed by atoms with Crippen LogP contribution in [0.15, 0.2) is 0 Å². The monoisotopic (exact) mass is 154 g/mol. The molecule has 2 unspecified atom stereocenters. The Bertz CT molecular complexity index is 105. The Balaban J connectivity index is 0.000000281. The summed E-state index contributed by atoms with van der Waals surface area (Å²) >= 11 is 0. The summed E-state index contributed by atoms with van der Waals surface area (Å²) in [5.74, 6) is 4.40. The summed E-state index contributed by atoms with van der Waals surface area (Å²) in [6.07, 6.45) is 4.69. The first-order chi connectivity index (χ1) is 5.27. The summed E-state index contributed by atoms with van der Waals surface area (Å²) in [5.41, 5.74) is 0. The molecule has 2 fully saturated rings. The van der Waals surface area contributed by atoms with Crippen molar-refractivity contribution >= 4 is 0 Å². The maximum absolute atomic E-state index is 2.37. The van der Waals surface area contributed by atoms with E-state index in [0.717, 1.165) is 11.8 Å². The van der Waals surface area contributed by atoms with Gasteiger partial charge in [-0.15, -0.1) is 0 Å². The molecule has 0 heteroatoms. The fourth-order valence-electron chi connectivity index (χ4n) is 2.31. The molecule has 11 heavy (non-hydrogen) atoms. The molecule has 0 aromatic heterocycles. The highest BCUT2D eigenvalue weighted by atomic mass is 14.5. The maximum atomic E-state index is 2.37. The van der Waals surface area contributed by atoms with Crippen LogP contribution < -0.4 is 0 Å². The van der Waals surface area contributed by atoms with Gasteiger partial charge in [-0.3, -0.25) is 0 Å². The topological polar surface area (TPSA) is 0 Å². The number of hydrogen-bond acceptors (Lipinski definition) is 0. The van der Waals surface area contributed by atoms with Crippen molar-refractivity contribution in [3.05, 3.63) is 0 Å². The van der Waals surface area contributed by atoms with Gasteiger partial charge in [-0.1, -0.05) is 27.7 Å². The zero-order valence-electron chi connectivity index (χ0n) is 8.43. The highest BCUT2D eigenvalue weighted by molar-refractivity contribution is 4.96. The van der Waals surface area contributed by atoms with Gasteiger partial charge in [0.2, 0.25) is 0 Å². The van der Waals surface area contributed by atoms with Crippen molar-refractivity contribution in [1.82, 2.24) is 0 Å². The van der Waals surface area contributed by atoms with Crippen molar-refractivity contribution in [3.8, 4) is 0 Å². The normalized spacial score (nSPS) is 39.5. The van der Waals surface area contributed by atoms with E-state index in [1.807, 2.05) is 13.8 Å². The van der Waals surface area contributed by atoms with Crippen LogP contribution >= 0.6 is 0 Å². The lowest BCUT2D eigenvalue weighted by molar-refractivity contribution is 0.362. The largest absolute Gasteiger partial charge is 0.0683 e. The Morgan fingerprint density at radius 3 is 1.64 bits per heavy atom. The second-order valence-electron chi connectivity index (χ2n) is 4.23. The van der Waals surface area contributed by atoms with Crippen LogP contribution in [-0.4, -0.2) is 0 Å². The third kappa shape index (κ3) is 1.98. The lowest BCUT2D eigenvalue weighted by atomic mass is 9.91. The van der Waals surface area contributed by atoms with Crippen molar-refractivity contribution in [2.24, 2.45) is 23.7 Å². The van der Waals surface area contributed by atoms with Gasteiger partial charge in [0.1, 0.15) is 0 Å². The number of fused-ring (bicyclic) bond motifs is 1. The maximum Gasteiger partial charge on any atom is -0.0380 e. The first kappa shape index (κ1) is 9.09. The fourth-order valence-corrected chi connectivity index (χ4v) is 2.31. The molecule has 2 saturated carbocycles. The number of rotatable bonds is 1. The summed E-state index contributed by atoms with van der Waals surface area (Å²) < 4.78 is 0. The van der Waals surface area contributed by atoms with E-state index in [4.69, 9.17) is 0 Å². The van der Waals surface area contributed by atoms with E-state index in [1.165, 1.54) is 11.8 Å². The van der Waals surface area contributed by atoms with Crippen LogP contribution in [0.25, 0.3) is 0 Å². The van der Waals surface area contributed by atoms with Crippen LogP contribution in [0.3, 0.4) is 0 Å². The SMILES string of the molecule is CC.CC(C)C1CC2CC2C1. The smallest absolute Gasteiger partial charge is 0.0380 e. The lowest BCUT2D eigenvalue weighted by Gasteiger charge is -2.14. The Morgan fingerprint density at radius 2 is 1.36 bits per heavy atom. The van der Waals surface area contributed by atoms with E-state index in [2.05, 4.69) is 13.8 Å². The number of hydrogen-bond donors (Lipinski definition) is 0. The van der Waals surface area contributed by atoms with E-state index < -0.39 is 0 Å². The Labute approximate surface area is 71.4 Å². The molecule has 2 aliphatic rings. The zero-order valence-corrected chi connectivity index (χ0v) is 8.43. The van der Waals surface area contributed by atoms with Crippen LogP contribution in [0.5, 0.6) is 0 Å². The summed E-state index contributed by atoms with van der Waals surface area (Å²) in [6.45, 7) is 8.74. The van der Waals surface area contributed by atoms with Crippen molar-refractivity contribution < 1.29 is 0 Å². The summed E-state index contributed by atoms with van der Waals surface area (Å²) in [7, 11) is 0. The molecule has 0 heterocycles. The second kappa shape index (κ2) is 3.60. The molecule has 66 valence electrons. The van der Waals surface area contributed by atoms with Gasteiger partial charge in [0.25, 0.3) is 0 Å². The summed E-state index contributed by atoms with van der Waals surface area (Å²) in [4.78, 5) is 0. The van der Waals surface area contributed by atoms with Crippen LogP contribution in [0.4, 0.5) is 0 Å². The molecule has 0 aliphatic heterocycles. The molecule has 0 amide bonds.